The molecular formula is C9H7ClN2O2. The van der Waals surface area contributed by atoms with Gasteiger partial charge in [-0.1, -0.05) is 18.2 Å². The summed E-state index contributed by atoms with van der Waals surface area (Å²) in [6, 6.07) is 7.10. The second-order valence-electron chi connectivity index (χ2n) is 2.79. The molecule has 2 aromatic rings. The third kappa shape index (κ3) is 1.24. The SMILES string of the molecule is O=C(O)n1nc(CCl)c2ccccc21. The smallest absolute Gasteiger partial charge is 0.432 e. The molecule has 0 aliphatic rings. The van der Waals surface area contributed by atoms with Crippen LogP contribution in [0.15, 0.2) is 24.3 Å². The van der Waals surface area contributed by atoms with Crippen molar-refractivity contribution in [1.82, 2.24) is 9.78 Å². The first kappa shape index (κ1) is 9.02. The maximum Gasteiger partial charge on any atom is 0.432 e. The largest absolute Gasteiger partial charge is 0.463 e. The molecule has 0 saturated heterocycles. The molecule has 0 amide bonds. The highest BCUT2D eigenvalue weighted by molar-refractivity contribution is 6.17. The minimum absolute atomic E-state index is 0.209. The van der Waals surface area contributed by atoms with Gasteiger partial charge in [-0.15, -0.1) is 11.6 Å². The fourth-order valence-corrected chi connectivity index (χ4v) is 1.57. The average Bonchev–Trinajstić information content (AvgIpc) is 2.56. The molecule has 4 nitrogen and oxygen atoms in total. The lowest BCUT2D eigenvalue weighted by molar-refractivity contribution is 0.194. The lowest BCUT2D eigenvalue weighted by atomic mass is 10.2. The standard InChI is InChI=1S/C9H7ClN2O2/c10-5-7-6-3-1-2-4-8(6)12(11-7)9(13)14/h1-4H,5H2,(H,13,14). The van der Waals surface area contributed by atoms with Crippen molar-refractivity contribution in [2.24, 2.45) is 0 Å². The lowest BCUT2D eigenvalue weighted by Gasteiger charge is -1.92. The number of halogens is 1. The summed E-state index contributed by atoms with van der Waals surface area (Å²) in [6.07, 6.45) is -1.10. The summed E-state index contributed by atoms with van der Waals surface area (Å²) in [5, 5.41) is 13.5. The fraction of sp³-hybridized carbons (Fsp3) is 0.111. The average molecular weight is 211 g/mol. The Kier molecular flexibility index (Phi) is 2.13. The van der Waals surface area contributed by atoms with Crippen LogP contribution >= 0.6 is 11.6 Å². The number of hydrogen-bond acceptors (Lipinski definition) is 2. The van der Waals surface area contributed by atoms with E-state index in [1.54, 1.807) is 18.2 Å². The van der Waals surface area contributed by atoms with E-state index in [4.69, 9.17) is 16.7 Å². The number of hydrogen-bond donors (Lipinski definition) is 1. The van der Waals surface area contributed by atoms with Gasteiger partial charge in [0.15, 0.2) is 0 Å². The van der Waals surface area contributed by atoms with Gasteiger partial charge in [0.25, 0.3) is 0 Å². The second kappa shape index (κ2) is 3.31. The van der Waals surface area contributed by atoms with E-state index in [0.717, 1.165) is 10.1 Å². The van der Waals surface area contributed by atoms with Gasteiger partial charge in [0.05, 0.1) is 17.1 Å². The Hall–Kier alpha value is -1.55. The van der Waals surface area contributed by atoms with Crippen molar-refractivity contribution in [1.29, 1.82) is 0 Å². The summed E-state index contributed by atoms with van der Waals surface area (Å²) in [4.78, 5) is 10.8. The van der Waals surface area contributed by atoms with Crippen molar-refractivity contribution in [3.63, 3.8) is 0 Å². The third-order valence-corrected chi connectivity index (χ3v) is 2.22. The number of fused-ring (bicyclic) bond motifs is 1. The maximum atomic E-state index is 10.8. The monoisotopic (exact) mass is 210 g/mol. The minimum Gasteiger partial charge on any atom is -0.463 e. The number of para-hydroxylation sites is 1. The van der Waals surface area contributed by atoms with Gasteiger partial charge in [0.1, 0.15) is 0 Å². The van der Waals surface area contributed by atoms with E-state index in [1.807, 2.05) is 6.07 Å². The molecule has 0 saturated carbocycles. The van der Waals surface area contributed by atoms with E-state index in [0.29, 0.717) is 11.2 Å². The van der Waals surface area contributed by atoms with Crippen LogP contribution in [0.3, 0.4) is 0 Å². The summed E-state index contributed by atoms with van der Waals surface area (Å²) >= 11 is 5.66. The van der Waals surface area contributed by atoms with E-state index in [9.17, 15) is 4.79 Å². The highest BCUT2D eigenvalue weighted by atomic mass is 35.5. The number of carbonyl (C=O) groups is 1. The highest BCUT2D eigenvalue weighted by Crippen LogP contribution is 2.19. The van der Waals surface area contributed by atoms with Crippen LogP contribution in [0.25, 0.3) is 10.9 Å². The van der Waals surface area contributed by atoms with E-state index in [-0.39, 0.29) is 5.88 Å². The van der Waals surface area contributed by atoms with Crippen LogP contribution < -0.4 is 0 Å². The summed E-state index contributed by atoms with van der Waals surface area (Å²) < 4.78 is 0.938. The molecule has 0 aliphatic heterocycles. The molecule has 1 aromatic carbocycles. The molecule has 72 valence electrons. The molecule has 14 heavy (non-hydrogen) atoms. The molecule has 0 spiro atoms. The van der Waals surface area contributed by atoms with Gasteiger partial charge in [-0.3, -0.25) is 0 Å². The Balaban J connectivity index is 2.80. The number of nitrogens with zero attached hydrogens (tertiary/aromatic N) is 2. The molecule has 0 unspecified atom stereocenters. The summed E-state index contributed by atoms with van der Waals surface area (Å²) in [6.45, 7) is 0. The Morgan fingerprint density at radius 3 is 2.86 bits per heavy atom. The molecule has 1 heterocycles. The second-order valence-corrected chi connectivity index (χ2v) is 3.06. The number of aromatic nitrogens is 2. The van der Waals surface area contributed by atoms with Crippen molar-refractivity contribution >= 4 is 28.6 Å². The van der Waals surface area contributed by atoms with E-state index >= 15 is 0 Å². The Bertz CT molecular complexity index is 493. The Morgan fingerprint density at radius 1 is 1.50 bits per heavy atom. The molecule has 5 heteroatoms. The van der Waals surface area contributed by atoms with Crippen LogP contribution in [0.4, 0.5) is 4.79 Å². The maximum absolute atomic E-state index is 10.8. The van der Waals surface area contributed by atoms with Crippen molar-refractivity contribution in [2.45, 2.75) is 5.88 Å². The van der Waals surface area contributed by atoms with Crippen molar-refractivity contribution in [3.05, 3.63) is 30.0 Å². The zero-order valence-corrected chi connectivity index (χ0v) is 7.90. The highest BCUT2D eigenvalue weighted by Gasteiger charge is 2.12. The molecule has 0 bridgehead atoms. The van der Waals surface area contributed by atoms with E-state index in [2.05, 4.69) is 5.10 Å². The van der Waals surface area contributed by atoms with Gasteiger partial charge in [-0.25, -0.2) is 4.79 Å². The van der Waals surface area contributed by atoms with Crippen molar-refractivity contribution < 1.29 is 9.90 Å². The zero-order chi connectivity index (χ0) is 10.1. The molecular weight excluding hydrogens is 204 g/mol. The molecule has 0 fully saturated rings. The van der Waals surface area contributed by atoms with Crippen molar-refractivity contribution in [3.8, 4) is 0 Å². The van der Waals surface area contributed by atoms with E-state index in [1.165, 1.54) is 0 Å². The molecule has 1 N–H and O–H groups in total. The molecule has 0 aliphatic carbocycles. The quantitative estimate of drug-likeness (QED) is 0.735. The molecule has 2 rings (SSSR count). The van der Waals surface area contributed by atoms with Crippen LogP contribution in [-0.4, -0.2) is 21.0 Å². The number of alkyl halides is 1. The van der Waals surface area contributed by atoms with Gasteiger partial charge in [0, 0.05) is 5.39 Å². The van der Waals surface area contributed by atoms with Crippen LogP contribution in [0.2, 0.25) is 0 Å². The number of benzene rings is 1. The van der Waals surface area contributed by atoms with Crippen LogP contribution in [0, 0.1) is 0 Å². The zero-order valence-electron chi connectivity index (χ0n) is 7.14. The molecule has 1 aromatic heterocycles. The van der Waals surface area contributed by atoms with Gasteiger partial charge in [-0.2, -0.15) is 9.78 Å². The predicted molar refractivity (Wildman–Crippen MR) is 52.7 cm³/mol. The van der Waals surface area contributed by atoms with Gasteiger partial charge < -0.3 is 5.11 Å². The topological polar surface area (TPSA) is 55.1 Å². The number of carboxylic acid groups (broad SMARTS) is 1. The van der Waals surface area contributed by atoms with Gasteiger partial charge in [-0.05, 0) is 6.07 Å². The van der Waals surface area contributed by atoms with Crippen LogP contribution in [0.5, 0.6) is 0 Å². The minimum atomic E-state index is -1.10. The fourth-order valence-electron chi connectivity index (χ4n) is 1.38. The Morgan fingerprint density at radius 2 is 2.21 bits per heavy atom. The van der Waals surface area contributed by atoms with Gasteiger partial charge >= 0.3 is 6.09 Å². The lowest BCUT2D eigenvalue weighted by Crippen LogP contribution is -2.09. The van der Waals surface area contributed by atoms with Gasteiger partial charge in [0.2, 0.25) is 0 Å². The summed E-state index contributed by atoms with van der Waals surface area (Å²) in [5.74, 6) is 0.209. The molecule has 0 radical (unpaired) electrons. The first-order chi connectivity index (χ1) is 6.74. The van der Waals surface area contributed by atoms with Crippen LogP contribution in [0.1, 0.15) is 5.69 Å². The van der Waals surface area contributed by atoms with Crippen LogP contribution in [-0.2, 0) is 5.88 Å². The van der Waals surface area contributed by atoms with Crippen molar-refractivity contribution in [2.75, 3.05) is 0 Å². The molecule has 0 atom stereocenters. The number of rotatable bonds is 1. The summed E-state index contributed by atoms with van der Waals surface area (Å²) in [5.41, 5.74) is 1.15. The first-order valence-corrected chi connectivity index (χ1v) is 4.53. The Labute approximate surface area is 84.7 Å². The predicted octanol–water partition coefficient (Wildman–Crippen LogP) is 2.30. The summed E-state index contributed by atoms with van der Waals surface area (Å²) in [7, 11) is 0. The third-order valence-electron chi connectivity index (χ3n) is 1.97. The normalized spacial score (nSPS) is 10.6. The van der Waals surface area contributed by atoms with E-state index < -0.39 is 6.09 Å². The first-order valence-electron chi connectivity index (χ1n) is 4.00.